The molecule has 3 aromatic carbocycles. The third-order valence-corrected chi connectivity index (χ3v) is 6.32. The van der Waals surface area contributed by atoms with Crippen LogP contribution >= 0.6 is 0 Å². The summed E-state index contributed by atoms with van der Waals surface area (Å²) in [5.41, 5.74) is -12.3. The number of benzene rings is 3. The number of hydrogen-bond donors (Lipinski definition) is 0. The van der Waals surface area contributed by atoms with E-state index >= 15 is 26.3 Å². The third kappa shape index (κ3) is 4.46. The summed E-state index contributed by atoms with van der Waals surface area (Å²) < 4.78 is 219. The second-order valence-electron chi connectivity index (χ2n) is 8.55. The fourth-order valence-corrected chi connectivity index (χ4v) is 4.51. The van der Waals surface area contributed by atoms with Gasteiger partial charge < -0.3 is 0 Å². The lowest BCUT2D eigenvalue weighted by Gasteiger charge is -2.37. The smallest absolute Gasteiger partial charge is 0.200 e. The summed E-state index contributed by atoms with van der Waals surface area (Å²) in [5, 5.41) is 0. The van der Waals surface area contributed by atoms with E-state index in [1.54, 1.807) is 6.92 Å². The quantitative estimate of drug-likeness (QED) is 0.0798. The van der Waals surface area contributed by atoms with Crippen molar-refractivity contribution in [1.29, 1.82) is 0 Å². The highest BCUT2D eigenvalue weighted by molar-refractivity contribution is 5.54. The van der Waals surface area contributed by atoms with Crippen LogP contribution < -0.4 is 0 Å². The third-order valence-electron chi connectivity index (χ3n) is 6.32. The Morgan fingerprint density at radius 1 is 0.325 bits per heavy atom. The molecule has 0 heterocycles. The summed E-state index contributed by atoms with van der Waals surface area (Å²) >= 11 is 0. The first-order valence-corrected chi connectivity index (χ1v) is 11.1. The zero-order valence-corrected chi connectivity index (χ0v) is 19.7. The van der Waals surface area contributed by atoms with Crippen molar-refractivity contribution in [2.45, 2.75) is 44.4 Å². The van der Waals surface area contributed by atoms with Gasteiger partial charge in [-0.3, -0.25) is 0 Å². The SMILES string of the molecule is CCCCCCC(c1c(F)c(F)c(F)c(F)c1F)(c1c(F)c(F)c(F)c(F)c1F)c1c(F)c(F)c(F)c(F)c1F. The first kappa shape index (κ1) is 31.1. The maximum Gasteiger partial charge on any atom is 0.200 e. The van der Waals surface area contributed by atoms with Crippen LogP contribution in [-0.2, 0) is 5.41 Å². The number of hydrogen-bond acceptors (Lipinski definition) is 0. The minimum absolute atomic E-state index is 0.112. The van der Waals surface area contributed by atoms with Crippen molar-refractivity contribution < 1.29 is 65.9 Å². The van der Waals surface area contributed by atoms with Gasteiger partial charge in [-0.1, -0.05) is 32.6 Å². The molecule has 3 rings (SSSR count). The van der Waals surface area contributed by atoms with Crippen molar-refractivity contribution in [2.75, 3.05) is 0 Å². The lowest BCUT2D eigenvalue weighted by molar-refractivity contribution is 0.307. The zero-order valence-electron chi connectivity index (χ0n) is 19.7. The molecular weight excluding hydrogens is 585 g/mol. The summed E-state index contributed by atoms with van der Waals surface area (Å²) in [5.74, 6) is -44.9. The van der Waals surface area contributed by atoms with Crippen LogP contribution in [0.25, 0.3) is 0 Å². The molecule has 3 aromatic rings. The van der Waals surface area contributed by atoms with Gasteiger partial charge in [0.1, 0.15) is 0 Å². The molecule has 40 heavy (non-hydrogen) atoms. The minimum atomic E-state index is -4.40. The topological polar surface area (TPSA) is 0 Å². The Labute approximate surface area is 215 Å². The van der Waals surface area contributed by atoms with E-state index in [0.717, 1.165) is 0 Å². The second kappa shape index (κ2) is 11.2. The predicted octanol–water partition coefficient (Wildman–Crippen LogP) is 9.08. The maximum atomic E-state index is 15.2. The molecule has 15 heteroatoms. The Morgan fingerprint density at radius 3 is 0.775 bits per heavy atom. The molecule has 0 nitrogen and oxygen atoms in total. The highest BCUT2D eigenvalue weighted by atomic mass is 19.2. The first-order valence-electron chi connectivity index (χ1n) is 11.1. The Kier molecular flexibility index (Phi) is 8.75. The van der Waals surface area contributed by atoms with Gasteiger partial charge in [0.2, 0.25) is 17.5 Å². The van der Waals surface area contributed by atoms with Crippen molar-refractivity contribution >= 4 is 0 Å². The van der Waals surface area contributed by atoms with E-state index in [0.29, 0.717) is 6.42 Å². The van der Waals surface area contributed by atoms with Crippen molar-refractivity contribution in [2.24, 2.45) is 0 Å². The van der Waals surface area contributed by atoms with Crippen molar-refractivity contribution in [1.82, 2.24) is 0 Å². The number of halogens is 15. The Morgan fingerprint density at radius 2 is 0.550 bits per heavy atom. The minimum Gasteiger partial charge on any atom is -0.203 e. The van der Waals surface area contributed by atoms with Crippen LogP contribution in [0.1, 0.15) is 55.7 Å². The van der Waals surface area contributed by atoms with Crippen LogP contribution in [0.2, 0.25) is 0 Å². The van der Waals surface area contributed by atoms with Crippen LogP contribution in [0.5, 0.6) is 0 Å². The Balaban J connectivity index is 2.80. The lowest BCUT2D eigenvalue weighted by atomic mass is 9.65. The molecule has 0 amide bonds. The van der Waals surface area contributed by atoms with Crippen LogP contribution in [0.15, 0.2) is 0 Å². The predicted molar refractivity (Wildman–Crippen MR) is 107 cm³/mol. The normalized spacial score (nSPS) is 12.0. The molecule has 218 valence electrons. The molecule has 0 fully saturated rings. The fourth-order valence-electron chi connectivity index (χ4n) is 4.51. The Bertz CT molecular complexity index is 1240. The molecule has 0 aliphatic rings. The van der Waals surface area contributed by atoms with Gasteiger partial charge in [0.25, 0.3) is 0 Å². The molecule has 0 bridgehead atoms. The molecule has 0 saturated carbocycles. The Hall–Kier alpha value is -3.39. The molecule has 0 aromatic heterocycles. The fraction of sp³-hybridized carbons (Fsp3) is 0.280. The largest absolute Gasteiger partial charge is 0.203 e. The van der Waals surface area contributed by atoms with Gasteiger partial charge in [0, 0.05) is 16.7 Å². The summed E-state index contributed by atoms with van der Waals surface area (Å²) in [6, 6.07) is 0. The highest BCUT2D eigenvalue weighted by Crippen LogP contribution is 2.51. The van der Waals surface area contributed by atoms with Crippen molar-refractivity contribution in [3.63, 3.8) is 0 Å². The van der Waals surface area contributed by atoms with Gasteiger partial charge in [-0.2, -0.15) is 0 Å². The van der Waals surface area contributed by atoms with Gasteiger partial charge in [-0.05, 0) is 6.42 Å². The van der Waals surface area contributed by atoms with E-state index in [1.807, 2.05) is 0 Å². The van der Waals surface area contributed by atoms with Gasteiger partial charge in [0.05, 0.1) is 5.41 Å². The first-order chi connectivity index (χ1) is 18.6. The number of rotatable bonds is 8. The summed E-state index contributed by atoms with van der Waals surface area (Å²) in [6.45, 7) is 1.55. The standard InChI is InChI=1S/C25H13F15/c1-2-3-4-5-6-25(7-10(26)16(32)22(38)17(33)11(7)27,8-12(28)18(34)23(39)19(35)13(8)29)9-14(30)20(36)24(40)21(37)15(9)31/h2-6H2,1H3. The van der Waals surface area contributed by atoms with Gasteiger partial charge in [0.15, 0.2) is 69.8 Å². The van der Waals surface area contributed by atoms with E-state index in [9.17, 15) is 39.5 Å². The average molecular weight is 598 g/mol. The van der Waals surface area contributed by atoms with Crippen molar-refractivity contribution in [3.8, 4) is 0 Å². The summed E-state index contributed by atoms with van der Waals surface area (Å²) in [4.78, 5) is 0. The van der Waals surface area contributed by atoms with E-state index in [4.69, 9.17) is 0 Å². The van der Waals surface area contributed by atoms with Crippen molar-refractivity contribution in [3.05, 3.63) is 104 Å². The number of unbranched alkanes of at least 4 members (excludes halogenated alkanes) is 3. The zero-order chi connectivity index (χ0) is 30.4. The van der Waals surface area contributed by atoms with E-state index in [2.05, 4.69) is 0 Å². The van der Waals surface area contributed by atoms with Crippen LogP contribution in [-0.4, -0.2) is 0 Å². The van der Waals surface area contributed by atoms with Gasteiger partial charge >= 0.3 is 0 Å². The van der Waals surface area contributed by atoms with Gasteiger partial charge in [-0.25, -0.2) is 65.9 Å². The van der Waals surface area contributed by atoms with E-state index in [1.165, 1.54) is 0 Å². The molecule has 0 atom stereocenters. The lowest BCUT2D eigenvalue weighted by Crippen LogP contribution is -2.39. The summed E-state index contributed by atoms with van der Waals surface area (Å²) in [7, 11) is 0. The van der Waals surface area contributed by atoms with Gasteiger partial charge in [-0.15, -0.1) is 0 Å². The molecule has 0 saturated heterocycles. The molecule has 0 spiro atoms. The van der Waals surface area contributed by atoms with E-state index < -0.39 is 122 Å². The van der Waals surface area contributed by atoms with Crippen LogP contribution in [0.3, 0.4) is 0 Å². The monoisotopic (exact) mass is 598 g/mol. The van der Waals surface area contributed by atoms with Crippen LogP contribution in [0, 0.1) is 87.3 Å². The summed E-state index contributed by atoms with van der Waals surface area (Å²) in [6.07, 6.45) is -2.27. The molecule has 0 unspecified atom stereocenters. The second-order valence-corrected chi connectivity index (χ2v) is 8.55. The molecule has 0 aliphatic heterocycles. The van der Waals surface area contributed by atoms with E-state index in [-0.39, 0.29) is 12.8 Å². The van der Waals surface area contributed by atoms with Crippen LogP contribution in [0.4, 0.5) is 65.9 Å². The molecule has 0 aliphatic carbocycles. The average Bonchev–Trinajstić information content (AvgIpc) is 2.93. The maximum absolute atomic E-state index is 15.2. The molecule has 0 N–H and O–H groups in total. The molecule has 0 radical (unpaired) electrons. The highest BCUT2D eigenvalue weighted by Gasteiger charge is 2.53. The molecular formula is C25H13F15.